The van der Waals surface area contributed by atoms with Crippen LogP contribution in [0.5, 0.6) is 0 Å². The van der Waals surface area contributed by atoms with E-state index in [1.807, 2.05) is 71.9 Å². The van der Waals surface area contributed by atoms with E-state index in [4.69, 9.17) is 0 Å². The molecule has 0 saturated carbocycles. The summed E-state index contributed by atoms with van der Waals surface area (Å²) in [5.74, 6) is -0.113. The van der Waals surface area contributed by atoms with Gasteiger partial charge in [0.2, 0.25) is 23.6 Å². The van der Waals surface area contributed by atoms with Gasteiger partial charge >= 0.3 is 0 Å². The number of carbonyl (C=O) groups excluding carboxylic acids is 4. The highest BCUT2D eigenvalue weighted by Crippen LogP contribution is 2.22. The Morgan fingerprint density at radius 1 is 0.600 bits per heavy atom. The Hall–Kier alpha value is -2.94. The predicted molar refractivity (Wildman–Crippen MR) is 183 cm³/mol. The van der Waals surface area contributed by atoms with Crippen LogP contribution in [-0.4, -0.2) is 97.2 Å². The highest BCUT2D eigenvalue weighted by atomic mass is 16.2. The van der Waals surface area contributed by atoms with Crippen molar-refractivity contribution in [1.82, 2.24) is 25.3 Å². The van der Waals surface area contributed by atoms with Gasteiger partial charge in [-0.2, -0.15) is 0 Å². The van der Waals surface area contributed by atoms with Crippen molar-refractivity contribution in [2.45, 2.75) is 112 Å². The molecule has 1 aromatic rings. The van der Waals surface area contributed by atoms with Gasteiger partial charge in [0.1, 0.15) is 18.1 Å². The zero-order valence-electron chi connectivity index (χ0n) is 30.2. The van der Waals surface area contributed by atoms with Crippen molar-refractivity contribution < 1.29 is 19.2 Å². The van der Waals surface area contributed by atoms with Crippen LogP contribution in [0.3, 0.4) is 0 Å². The molecule has 0 fully saturated rings. The van der Waals surface area contributed by atoms with E-state index in [0.717, 1.165) is 5.56 Å². The average Bonchev–Trinajstić information content (AvgIpc) is 2.98. The number of amides is 4. The first-order valence-corrected chi connectivity index (χ1v) is 16.8. The summed E-state index contributed by atoms with van der Waals surface area (Å²) < 4.78 is 0. The number of carbonyl (C=O) groups is 4. The van der Waals surface area contributed by atoms with Gasteiger partial charge in [0, 0.05) is 27.7 Å². The van der Waals surface area contributed by atoms with Crippen molar-refractivity contribution in [2.24, 2.45) is 23.7 Å². The molecule has 0 saturated heterocycles. The molecule has 4 amide bonds. The van der Waals surface area contributed by atoms with Gasteiger partial charge in [-0.25, -0.2) is 0 Å². The third kappa shape index (κ3) is 13.1. The number of rotatable bonds is 19. The largest absolute Gasteiger partial charge is 0.354 e. The number of benzene rings is 1. The van der Waals surface area contributed by atoms with Crippen LogP contribution in [0.15, 0.2) is 30.3 Å². The molecule has 2 N–H and O–H groups in total. The minimum atomic E-state index is -0.775. The molecule has 1 rings (SSSR count). The lowest BCUT2D eigenvalue weighted by Gasteiger charge is -2.39. The van der Waals surface area contributed by atoms with Crippen molar-refractivity contribution in [3.05, 3.63) is 35.9 Å². The summed E-state index contributed by atoms with van der Waals surface area (Å²) in [6.45, 7) is 16.8. The molecule has 0 aromatic heterocycles. The molecular formula is C36H63N5O4. The zero-order valence-corrected chi connectivity index (χ0v) is 30.2. The summed E-state index contributed by atoms with van der Waals surface area (Å²) in [6, 6.07) is 7.39. The topological polar surface area (TPSA) is 102 Å². The summed E-state index contributed by atoms with van der Waals surface area (Å²) in [5.41, 5.74) is 1.13. The van der Waals surface area contributed by atoms with E-state index in [2.05, 4.69) is 24.5 Å². The lowest BCUT2D eigenvalue weighted by Crippen LogP contribution is -2.59. The van der Waals surface area contributed by atoms with Crippen molar-refractivity contribution >= 4 is 23.6 Å². The molecule has 0 heterocycles. The lowest BCUT2D eigenvalue weighted by molar-refractivity contribution is -0.153. The van der Waals surface area contributed by atoms with Gasteiger partial charge in [-0.3, -0.25) is 19.2 Å². The number of hydrogen-bond acceptors (Lipinski definition) is 5. The second kappa shape index (κ2) is 19.5. The van der Waals surface area contributed by atoms with E-state index >= 15 is 0 Å². The summed E-state index contributed by atoms with van der Waals surface area (Å²) in [5, 5.41) is 6.16. The molecule has 0 bridgehead atoms. The van der Waals surface area contributed by atoms with Crippen LogP contribution in [-0.2, 0) is 25.6 Å². The zero-order chi connectivity index (χ0) is 34.4. The molecule has 0 spiro atoms. The predicted octanol–water partition coefficient (Wildman–Crippen LogP) is 4.60. The Labute approximate surface area is 273 Å². The van der Waals surface area contributed by atoms with E-state index < -0.39 is 24.2 Å². The molecule has 9 nitrogen and oxygen atoms in total. The molecule has 1 aromatic carbocycles. The number of nitrogens with zero attached hydrogens (tertiary/aromatic N) is 3. The third-order valence-electron chi connectivity index (χ3n) is 8.31. The first-order valence-electron chi connectivity index (χ1n) is 16.8. The van der Waals surface area contributed by atoms with Gasteiger partial charge in [0.25, 0.3) is 0 Å². The van der Waals surface area contributed by atoms with Crippen molar-refractivity contribution in [1.29, 1.82) is 0 Å². The minimum absolute atomic E-state index is 0.119. The van der Waals surface area contributed by atoms with E-state index in [-0.39, 0.29) is 41.4 Å². The quantitative estimate of drug-likeness (QED) is 0.233. The number of hydrogen-bond donors (Lipinski definition) is 2. The maximum Gasteiger partial charge on any atom is 0.245 e. The van der Waals surface area contributed by atoms with Gasteiger partial charge in [0.15, 0.2) is 0 Å². The van der Waals surface area contributed by atoms with E-state index in [0.29, 0.717) is 44.6 Å². The molecule has 0 radical (unpaired) electrons. The van der Waals surface area contributed by atoms with Crippen LogP contribution in [0.2, 0.25) is 0 Å². The van der Waals surface area contributed by atoms with Gasteiger partial charge in [-0.15, -0.1) is 0 Å². The summed E-state index contributed by atoms with van der Waals surface area (Å²) in [6.07, 6.45) is 2.76. The van der Waals surface area contributed by atoms with Crippen LogP contribution in [0.1, 0.15) is 86.6 Å². The molecule has 9 heteroatoms. The average molecular weight is 630 g/mol. The van der Waals surface area contributed by atoms with Crippen LogP contribution in [0, 0.1) is 23.7 Å². The molecule has 0 aliphatic rings. The fraction of sp³-hybridized carbons (Fsp3) is 0.722. The molecule has 256 valence electrons. The van der Waals surface area contributed by atoms with Crippen LogP contribution < -0.4 is 10.6 Å². The first-order chi connectivity index (χ1) is 21.0. The normalized spacial score (nSPS) is 14.3. The van der Waals surface area contributed by atoms with Crippen molar-refractivity contribution in [3.8, 4) is 0 Å². The van der Waals surface area contributed by atoms with E-state index in [9.17, 15) is 19.2 Å². The Morgan fingerprint density at radius 3 is 1.42 bits per heavy atom. The molecular weight excluding hydrogens is 566 g/mol. The summed E-state index contributed by atoms with van der Waals surface area (Å²) in [7, 11) is 6.79. The van der Waals surface area contributed by atoms with Gasteiger partial charge in [-0.05, 0) is 68.4 Å². The maximum absolute atomic E-state index is 14.2. The molecule has 0 aliphatic carbocycles. The number of nitrogens with one attached hydrogen (secondary N) is 2. The van der Waals surface area contributed by atoms with Crippen molar-refractivity contribution in [2.75, 3.05) is 34.7 Å². The van der Waals surface area contributed by atoms with Gasteiger partial charge in [-0.1, -0.05) is 85.7 Å². The fourth-order valence-corrected chi connectivity index (χ4v) is 5.71. The molecule has 0 aliphatic heterocycles. The number of likely N-dealkylation sites (N-methyl/N-ethyl adjacent to an activating group) is 4. The third-order valence-corrected chi connectivity index (χ3v) is 8.31. The smallest absolute Gasteiger partial charge is 0.245 e. The minimum Gasteiger partial charge on any atom is -0.354 e. The Morgan fingerprint density at radius 2 is 1.00 bits per heavy atom. The highest BCUT2D eigenvalue weighted by Gasteiger charge is 2.39. The fourth-order valence-electron chi connectivity index (χ4n) is 5.71. The lowest BCUT2D eigenvalue weighted by atomic mass is 9.95. The standard InChI is InChI=1S/C36H63N5O4/c1-24(2)20-29(37-9)34(43)40(11)31(22-26(5)6)36(45)41(12)32(23-27(7)8)35(44)39(10)30(21-25(3)4)33(42)38-19-18-28-16-14-13-15-17-28/h13-17,24-27,29-32,37H,18-23H2,1-12H3,(H,38,42)/t29-,30-,31-,32-/m0/s1. The van der Waals surface area contributed by atoms with Crippen molar-refractivity contribution in [3.63, 3.8) is 0 Å². The van der Waals surface area contributed by atoms with Gasteiger partial charge < -0.3 is 25.3 Å². The maximum atomic E-state index is 14.2. The summed E-state index contributed by atoms with van der Waals surface area (Å²) in [4.78, 5) is 60.1. The second-order valence-electron chi connectivity index (χ2n) is 14.3. The Bertz CT molecular complexity index is 1060. The van der Waals surface area contributed by atoms with E-state index in [1.54, 1.807) is 33.1 Å². The summed E-state index contributed by atoms with van der Waals surface area (Å²) >= 11 is 0. The monoisotopic (exact) mass is 629 g/mol. The molecule has 0 unspecified atom stereocenters. The Balaban J connectivity index is 3.29. The molecule has 4 atom stereocenters. The van der Waals surface area contributed by atoms with Gasteiger partial charge in [0.05, 0.1) is 6.04 Å². The van der Waals surface area contributed by atoms with Crippen LogP contribution in [0.25, 0.3) is 0 Å². The first kappa shape index (κ1) is 40.1. The second-order valence-corrected chi connectivity index (χ2v) is 14.3. The molecule has 45 heavy (non-hydrogen) atoms. The Kier molecular flexibility index (Phi) is 17.4. The van der Waals surface area contributed by atoms with Crippen LogP contribution >= 0.6 is 0 Å². The SMILES string of the molecule is CN[C@@H](CC(C)C)C(=O)N(C)[C@@H](CC(C)C)C(=O)N(C)[C@@H](CC(C)C)C(=O)N(C)[C@@H](CC(C)C)C(=O)NCCc1ccccc1. The highest BCUT2D eigenvalue weighted by molar-refractivity contribution is 5.94. The van der Waals surface area contributed by atoms with Crippen LogP contribution in [0.4, 0.5) is 0 Å². The van der Waals surface area contributed by atoms with E-state index in [1.165, 1.54) is 9.80 Å².